The van der Waals surface area contributed by atoms with E-state index in [0.717, 1.165) is 24.6 Å². The van der Waals surface area contributed by atoms with E-state index in [0.29, 0.717) is 6.42 Å². The van der Waals surface area contributed by atoms with Crippen LogP contribution in [0.1, 0.15) is 36.8 Å². The van der Waals surface area contributed by atoms with Gasteiger partial charge in [0, 0.05) is 13.1 Å². The van der Waals surface area contributed by atoms with Gasteiger partial charge < -0.3 is 4.90 Å². The van der Waals surface area contributed by atoms with E-state index in [9.17, 15) is 4.79 Å². The van der Waals surface area contributed by atoms with Crippen molar-refractivity contribution in [3.8, 4) is 0 Å². The Hall–Kier alpha value is -1.39. The average molecular weight is 275 g/mol. The minimum Gasteiger partial charge on any atom is -0.302 e. The zero-order valence-electron chi connectivity index (χ0n) is 12.3. The molecule has 20 heavy (non-hydrogen) atoms. The Morgan fingerprint density at radius 1 is 1.30 bits per heavy atom. The summed E-state index contributed by atoms with van der Waals surface area (Å²) in [5, 5.41) is 0. The highest BCUT2D eigenvalue weighted by Crippen LogP contribution is 2.25. The Kier molecular flexibility index (Phi) is 5.56. The van der Waals surface area contributed by atoms with E-state index in [1.165, 1.54) is 31.2 Å². The van der Waals surface area contributed by atoms with Gasteiger partial charge in [0.1, 0.15) is 0 Å². The number of hydrogen-bond donors (Lipinski definition) is 2. The molecule has 0 radical (unpaired) electrons. The van der Waals surface area contributed by atoms with Crippen molar-refractivity contribution < 1.29 is 4.79 Å². The Morgan fingerprint density at radius 2 is 1.95 bits per heavy atom. The normalized spacial score (nSPS) is 15.8. The van der Waals surface area contributed by atoms with Gasteiger partial charge in [-0.15, -0.1) is 0 Å². The average Bonchev–Trinajstić information content (AvgIpc) is 2.93. The Morgan fingerprint density at radius 3 is 2.60 bits per heavy atom. The number of nitrogens with two attached hydrogens (primary N) is 1. The molecule has 0 aromatic heterocycles. The van der Waals surface area contributed by atoms with Crippen molar-refractivity contribution in [2.24, 2.45) is 11.8 Å². The maximum atomic E-state index is 11.4. The number of nitrogens with zero attached hydrogens (tertiary/aromatic N) is 1. The molecule has 1 fully saturated rings. The van der Waals surface area contributed by atoms with E-state index in [1.807, 2.05) is 18.2 Å². The standard InChI is InChI=1S/C16H25N3O/c1-19(11-13-6-2-3-7-13)12-15-9-5-4-8-14(15)10-16(20)18-17/h4-5,8-9,13H,2-3,6-7,10-12,17H2,1H3,(H,18,20). The summed E-state index contributed by atoms with van der Waals surface area (Å²) in [6.07, 6.45) is 5.84. The van der Waals surface area contributed by atoms with E-state index >= 15 is 0 Å². The van der Waals surface area contributed by atoms with Crippen LogP contribution in [0.15, 0.2) is 24.3 Å². The molecule has 0 aliphatic heterocycles. The fourth-order valence-corrected chi connectivity index (χ4v) is 3.10. The van der Waals surface area contributed by atoms with Crippen LogP contribution in [0.4, 0.5) is 0 Å². The second-order valence-corrected chi connectivity index (χ2v) is 5.86. The SMILES string of the molecule is CN(Cc1ccccc1CC(=O)NN)CC1CCCC1. The Bertz CT molecular complexity index is 441. The number of hydrazine groups is 1. The first-order chi connectivity index (χ1) is 9.69. The molecular weight excluding hydrogens is 250 g/mol. The predicted molar refractivity (Wildman–Crippen MR) is 80.8 cm³/mol. The summed E-state index contributed by atoms with van der Waals surface area (Å²) >= 11 is 0. The first kappa shape index (κ1) is 15.0. The van der Waals surface area contributed by atoms with Crippen LogP contribution in [-0.4, -0.2) is 24.4 Å². The lowest BCUT2D eigenvalue weighted by Crippen LogP contribution is -2.32. The van der Waals surface area contributed by atoms with Crippen LogP contribution < -0.4 is 11.3 Å². The fraction of sp³-hybridized carbons (Fsp3) is 0.562. The van der Waals surface area contributed by atoms with Crippen LogP contribution >= 0.6 is 0 Å². The maximum absolute atomic E-state index is 11.4. The van der Waals surface area contributed by atoms with Crippen molar-refractivity contribution >= 4 is 5.91 Å². The zero-order chi connectivity index (χ0) is 14.4. The topological polar surface area (TPSA) is 58.4 Å². The largest absolute Gasteiger partial charge is 0.302 e. The summed E-state index contributed by atoms with van der Waals surface area (Å²) in [6.45, 7) is 2.04. The van der Waals surface area contributed by atoms with Gasteiger partial charge in [-0.2, -0.15) is 0 Å². The molecule has 0 unspecified atom stereocenters. The molecule has 1 aliphatic carbocycles. The monoisotopic (exact) mass is 275 g/mol. The van der Waals surface area contributed by atoms with E-state index in [-0.39, 0.29) is 5.91 Å². The van der Waals surface area contributed by atoms with Crippen molar-refractivity contribution in [2.45, 2.75) is 38.6 Å². The zero-order valence-corrected chi connectivity index (χ0v) is 12.3. The molecule has 1 aromatic rings. The van der Waals surface area contributed by atoms with Crippen LogP contribution in [0, 0.1) is 5.92 Å². The molecule has 0 bridgehead atoms. The molecule has 1 aliphatic rings. The highest BCUT2D eigenvalue weighted by atomic mass is 16.2. The van der Waals surface area contributed by atoms with Crippen molar-refractivity contribution in [3.05, 3.63) is 35.4 Å². The summed E-state index contributed by atoms with van der Waals surface area (Å²) in [7, 11) is 2.16. The number of carbonyl (C=O) groups is 1. The van der Waals surface area contributed by atoms with Crippen molar-refractivity contribution in [1.82, 2.24) is 10.3 Å². The lowest BCUT2D eigenvalue weighted by atomic mass is 10.0. The third-order valence-electron chi connectivity index (χ3n) is 4.12. The summed E-state index contributed by atoms with van der Waals surface area (Å²) in [5.74, 6) is 5.87. The molecule has 0 spiro atoms. The molecule has 4 nitrogen and oxygen atoms in total. The number of carbonyl (C=O) groups excluding carboxylic acids is 1. The molecule has 0 atom stereocenters. The van der Waals surface area contributed by atoms with Crippen molar-refractivity contribution in [2.75, 3.05) is 13.6 Å². The molecule has 0 heterocycles. The third kappa shape index (κ3) is 4.32. The fourth-order valence-electron chi connectivity index (χ4n) is 3.10. The molecule has 3 N–H and O–H groups in total. The van der Waals surface area contributed by atoms with E-state index in [2.05, 4.69) is 23.4 Å². The van der Waals surface area contributed by atoms with Gasteiger partial charge in [0.15, 0.2) is 0 Å². The highest BCUT2D eigenvalue weighted by molar-refractivity contribution is 5.78. The van der Waals surface area contributed by atoms with Gasteiger partial charge in [0.2, 0.25) is 5.91 Å². The summed E-state index contributed by atoms with van der Waals surface area (Å²) in [6, 6.07) is 8.11. The summed E-state index contributed by atoms with van der Waals surface area (Å²) in [5.41, 5.74) is 4.48. The van der Waals surface area contributed by atoms with Gasteiger partial charge in [-0.25, -0.2) is 5.84 Å². The number of benzene rings is 1. The third-order valence-corrected chi connectivity index (χ3v) is 4.12. The Balaban J connectivity index is 1.95. The van der Waals surface area contributed by atoms with Crippen LogP contribution in [-0.2, 0) is 17.8 Å². The lowest BCUT2D eigenvalue weighted by Gasteiger charge is -2.22. The van der Waals surface area contributed by atoms with Crippen LogP contribution in [0.2, 0.25) is 0 Å². The molecule has 2 rings (SSSR count). The molecule has 1 aromatic carbocycles. The molecule has 1 amide bonds. The molecule has 4 heteroatoms. The second-order valence-electron chi connectivity index (χ2n) is 5.86. The quantitative estimate of drug-likeness (QED) is 0.473. The minimum absolute atomic E-state index is 0.143. The van der Waals surface area contributed by atoms with Crippen LogP contribution in [0.25, 0.3) is 0 Å². The van der Waals surface area contributed by atoms with E-state index in [4.69, 9.17) is 5.84 Å². The van der Waals surface area contributed by atoms with Crippen LogP contribution in [0.5, 0.6) is 0 Å². The first-order valence-electron chi connectivity index (χ1n) is 7.44. The van der Waals surface area contributed by atoms with Gasteiger partial charge >= 0.3 is 0 Å². The molecule has 1 saturated carbocycles. The molecule has 110 valence electrons. The van der Waals surface area contributed by atoms with Crippen LogP contribution in [0.3, 0.4) is 0 Å². The predicted octanol–water partition coefficient (Wildman–Crippen LogP) is 1.84. The molecular formula is C16H25N3O. The first-order valence-corrected chi connectivity index (χ1v) is 7.44. The Labute approximate surface area is 121 Å². The number of nitrogens with one attached hydrogen (secondary N) is 1. The minimum atomic E-state index is -0.143. The van der Waals surface area contributed by atoms with Crippen molar-refractivity contribution in [1.29, 1.82) is 0 Å². The maximum Gasteiger partial charge on any atom is 0.238 e. The summed E-state index contributed by atoms with van der Waals surface area (Å²) < 4.78 is 0. The van der Waals surface area contributed by atoms with E-state index < -0.39 is 0 Å². The van der Waals surface area contributed by atoms with Gasteiger partial charge in [0.25, 0.3) is 0 Å². The van der Waals surface area contributed by atoms with Gasteiger partial charge in [-0.05, 0) is 36.9 Å². The molecule has 0 saturated heterocycles. The number of amides is 1. The van der Waals surface area contributed by atoms with Gasteiger partial charge in [-0.3, -0.25) is 10.2 Å². The highest BCUT2D eigenvalue weighted by Gasteiger charge is 2.17. The van der Waals surface area contributed by atoms with E-state index in [1.54, 1.807) is 0 Å². The van der Waals surface area contributed by atoms with Gasteiger partial charge in [0.05, 0.1) is 6.42 Å². The lowest BCUT2D eigenvalue weighted by molar-refractivity contribution is -0.120. The number of rotatable bonds is 6. The van der Waals surface area contributed by atoms with Crippen molar-refractivity contribution in [3.63, 3.8) is 0 Å². The summed E-state index contributed by atoms with van der Waals surface area (Å²) in [4.78, 5) is 13.8. The van der Waals surface area contributed by atoms with Gasteiger partial charge in [-0.1, -0.05) is 37.1 Å². The second kappa shape index (κ2) is 7.41. The smallest absolute Gasteiger partial charge is 0.238 e. The number of hydrogen-bond acceptors (Lipinski definition) is 3.